The van der Waals surface area contributed by atoms with Crippen LogP contribution in [0.15, 0.2) is 67.3 Å². The lowest BCUT2D eigenvalue weighted by Crippen LogP contribution is -2.38. The molecule has 0 atom stereocenters. The summed E-state index contributed by atoms with van der Waals surface area (Å²) >= 11 is 0. The number of pyridine rings is 1. The van der Waals surface area contributed by atoms with Crippen molar-refractivity contribution in [2.75, 3.05) is 18.8 Å². The van der Waals surface area contributed by atoms with Gasteiger partial charge in [0.05, 0.1) is 0 Å². The van der Waals surface area contributed by atoms with Crippen molar-refractivity contribution in [2.24, 2.45) is 0 Å². The number of anilines is 1. The molecule has 3 aromatic heterocycles. The van der Waals surface area contributed by atoms with E-state index in [1.807, 2.05) is 53.1 Å². The number of likely N-dealkylation sites (tertiary alicyclic amines) is 1. The number of imidazole rings is 1. The molecule has 4 aromatic rings. The van der Waals surface area contributed by atoms with E-state index in [2.05, 4.69) is 9.97 Å². The number of fused-ring (bicyclic) bond motifs is 1. The van der Waals surface area contributed by atoms with Gasteiger partial charge in [-0.25, -0.2) is 14.8 Å². The molecule has 8 nitrogen and oxygen atoms in total. The van der Waals surface area contributed by atoms with Crippen LogP contribution in [0.1, 0.15) is 30.1 Å². The number of hydrogen-bond acceptors (Lipinski definition) is 6. The summed E-state index contributed by atoms with van der Waals surface area (Å²) < 4.78 is 7.52. The fourth-order valence-electron chi connectivity index (χ4n) is 4.21. The van der Waals surface area contributed by atoms with E-state index in [4.69, 9.17) is 15.5 Å². The summed E-state index contributed by atoms with van der Waals surface area (Å²) in [6.45, 7) is 1.53. The molecule has 0 spiro atoms. The molecule has 0 aliphatic carbocycles. The van der Waals surface area contributed by atoms with Crippen molar-refractivity contribution in [3.63, 3.8) is 0 Å². The van der Waals surface area contributed by atoms with Crippen molar-refractivity contribution in [2.45, 2.75) is 25.4 Å². The zero-order chi connectivity index (χ0) is 21.9. The Labute approximate surface area is 185 Å². The van der Waals surface area contributed by atoms with Gasteiger partial charge in [0.15, 0.2) is 0 Å². The fraction of sp³-hybridized carbons (Fsp3) is 0.250. The molecule has 0 bridgehead atoms. The van der Waals surface area contributed by atoms with Gasteiger partial charge in [-0.05, 0) is 30.5 Å². The Bertz CT molecular complexity index is 1220. The molecule has 0 unspecified atom stereocenters. The predicted octanol–water partition coefficient (Wildman–Crippen LogP) is 3.89. The molecule has 1 amide bonds. The number of nitrogen functional groups attached to an aromatic ring is 1. The van der Waals surface area contributed by atoms with Crippen LogP contribution in [0.2, 0.25) is 0 Å². The number of aromatic nitrogens is 4. The van der Waals surface area contributed by atoms with Crippen LogP contribution < -0.4 is 5.73 Å². The van der Waals surface area contributed by atoms with E-state index in [-0.39, 0.29) is 18.6 Å². The van der Waals surface area contributed by atoms with Crippen LogP contribution in [0.25, 0.3) is 16.8 Å². The summed E-state index contributed by atoms with van der Waals surface area (Å²) in [5, 5.41) is 0. The first-order chi connectivity index (χ1) is 15.7. The first-order valence-corrected chi connectivity index (χ1v) is 10.7. The van der Waals surface area contributed by atoms with Gasteiger partial charge in [-0.3, -0.25) is 9.38 Å². The molecule has 1 fully saturated rings. The van der Waals surface area contributed by atoms with Crippen LogP contribution in [0, 0.1) is 0 Å². The standard InChI is InChI=1S/C24H24N6O2/c25-22-21-20(19-7-4-10-26-15-19)28-23(30(21)14-11-27-22)18-8-12-29(13-9-18)24(31)32-16-17-5-2-1-3-6-17/h1-7,10-11,14-15,18H,8-9,12-13,16H2,(H2,25,27). The third-order valence-electron chi connectivity index (χ3n) is 5.87. The summed E-state index contributed by atoms with van der Waals surface area (Å²) in [5.74, 6) is 1.57. The van der Waals surface area contributed by atoms with Gasteiger partial charge in [-0.15, -0.1) is 0 Å². The molecule has 32 heavy (non-hydrogen) atoms. The molecular weight excluding hydrogens is 404 g/mol. The average molecular weight is 428 g/mol. The summed E-state index contributed by atoms with van der Waals surface area (Å²) in [6, 6.07) is 13.6. The van der Waals surface area contributed by atoms with Crippen molar-refractivity contribution in [3.05, 3.63) is 78.6 Å². The zero-order valence-electron chi connectivity index (χ0n) is 17.6. The summed E-state index contributed by atoms with van der Waals surface area (Å²) in [6.07, 6.45) is 8.43. The summed E-state index contributed by atoms with van der Waals surface area (Å²) in [7, 11) is 0. The Morgan fingerprint density at radius 1 is 1.09 bits per heavy atom. The van der Waals surface area contributed by atoms with E-state index in [1.165, 1.54) is 0 Å². The average Bonchev–Trinajstić information content (AvgIpc) is 3.25. The molecule has 1 aliphatic rings. The lowest BCUT2D eigenvalue weighted by Gasteiger charge is -2.30. The molecule has 5 rings (SSSR count). The first-order valence-electron chi connectivity index (χ1n) is 10.7. The normalized spacial score (nSPS) is 14.6. The number of nitrogens with two attached hydrogens (primary N) is 1. The Morgan fingerprint density at radius 2 is 1.91 bits per heavy atom. The maximum Gasteiger partial charge on any atom is 0.410 e. The number of nitrogens with zero attached hydrogens (tertiary/aromatic N) is 5. The summed E-state index contributed by atoms with van der Waals surface area (Å²) in [4.78, 5) is 27.7. The Balaban J connectivity index is 1.32. The van der Waals surface area contributed by atoms with Crippen LogP contribution in [0.4, 0.5) is 10.6 Å². The van der Waals surface area contributed by atoms with Crippen LogP contribution in [-0.2, 0) is 11.3 Å². The van der Waals surface area contributed by atoms with E-state index < -0.39 is 0 Å². The third kappa shape index (κ3) is 3.87. The largest absolute Gasteiger partial charge is 0.445 e. The van der Waals surface area contributed by atoms with Gasteiger partial charge in [0, 0.05) is 49.4 Å². The number of hydrogen-bond donors (Lipinski definition) is 1. The minimum absolute atomic E-state index is 0.202. The fourth-order valence-corrected chi connectivity index (χ4v) is 4.21. The highest BCUT2D eigenvalue weighted by atomic mass is 16.6. The summed E-state index contributed by atoms with van der Waals surface area (Å²) in [5.41, 5.74) is 9.67. The van der Waals surface area contributed by atoms with Gasteiger partial charge in [-0.1, -0.05) is 30.3 Å². The molecule has 4 heterocycles. The van der Waals surface area contributed by atoms with Crippen LogP contribution in [0.5, 0.6) is 0 Å². The van der Waals surface area contributed by atoms with Crippen LogP contribution >= 0.6 is 0 Å². The van der Waals surface area contributed by atoms with E-state index in [0.717, 1.165) is 41.0 Å². The second kappa shape index (κ2) is 8.66. The lowest BCUT2D eigenvalue weighted by molar-refractivity contribution is 0.0866. The van der Waals surface area contributed by atoms with Crippen molar-refractivity contribution in [3.8, 4) is 11.3 Å². The molecule has 0 saturated carbocycles. The van der Waals surface area contributed by atoms with Crippen LogP contribution in [-0.4, -0.2) is 43.4 Å². The van der Waals surface area contributed by atoms with Gasteiger partial charge in [0.2, 0.25) is 0 Å². The molecular formula is C24H24N6O2. The highest BCUT2D eigenvalue weighted by Gasteiger charge is 2.29. The lowest BCUT2D eigenvalue weighted by atomic mass is 9.96. The highest BCUT2D eigenvalue weighted by Crippen LogP contribution is 2.34. The quantitative estimate of drug-likeness (QED) is 0.529. The van der Waals surface area contributed by atoms with E-state index in [9.17, 15) is 4.79 Å². The third-order valence-corrected chi connectivity index (χ3v) is 5.87. The van der Waals surface area contributed by atoms with Gasteiger partial charge >= 0.3 is 6.09 Å². The highest BCUT2D eigenvalue weighted by molar-refractivity contribution is 5.85. The minimum Gasteiger partial charge on any atom is -0.445 e. The van der Waals surface area contributed by atoms with E-state index in [0.29, 0.717) is 18.9 Å². The zero-order valence-corrected chi connectivity index (χ0v) is 17.6. The molecule has 1 aliphatic heterocycles. The van der Waals surface area contributed by atoms with Gasteiger partial charge in [-0.2, -0.15) is 0 Å². The molecule has 2 N–H and O–H groups in total. The SMILES string of the molecule is Nc1nccn2c(C3CCN(C(=O)OCc4ccccc4)CC3)nc(-c3cccnc3)c12. The Hall–Kier alpha value is -3.94. The van der Waals surface area contributed by atoms with E-state index in [1.54, 1.807) is 23.5 Å². The van der Waals surface area contributed by atoms with Crippen molar-refractivity contribution >= 4 is 17.4 Å². The van der Waals surface area contributed by atoms with Gasteiger partial charge in [0.25, 0.3) is 0 Å². The second-order valence-electron chi connectivity index (χ2n) is 7.89. The van der Waals surface area contributed by atoms with Crippen molar-refractivity contribution in [1.29, 1.82) is 0 Å². The smallest absolute Gasteiger partial charge is 0.410 e. The molecule has 0 radical (unpaired) electrons. The molecule has 1 aromatic carbocycles. The van der Waals surface area contributed by atoms with Crippen molar-refractivity contribution in [1.82, 2.24) is 24.3 Å². The Kier molecular flexibility index (Phi) is 5.41. The maximum absolute atomic E-state index is 12.5. The number of carbonyl (C=O) groups excluding carboxylic acids is 1. The van der Waals surface area contributed by atoms with E-state index >= 15 is 0 Å². The van der Waals surface area contributed by atoms with Gasteiger partial charge in [0.1, 0.15) is 29.5 Å². The number of ether oxygens (including phenoxy) is 1. The molecule has 1 saturated heterocycles. The maximum atomic E-state index is 12.5. The number of rotatable bonds is 4. The number of amides is 1. The predicted molar refractivity (Wildman–Crippen MR) is 121 cm³/mol. The minimum atomic E-state index is -0.273. The van der Waals surface area contributed by atoms with Crippen molar-refractivity contribution < 1.29 is 9.53 Å². The number of benzene rings is 1. The van der Waals surface area contributed by atoms with Crippen LogP contribution in [0.3, 0.4) is 0 Å². The molecule has 8 heteroatoms. The topological polar surface area (TPSA) is 98.6 Å². The first kappa shape index (κ1) is 20.0. The Morgan fingerprint density at radius 3 is 2.66 bits per heavy atom. The second-order valence-corrected chi connectivity index (χ2v) is 7.89. The van der Waals surface area contributed by atoms with Gasteiger partial charge < -0.3 is 15.4 Å². The number of piperidine rings is 1. The number of carbonyl (C=O) groups is 1. The monoisotopic (exact) mass is 428 g/mol. The molecule has 162 valence electrons.